The molecule has 2 rings (SSSR count). The molecule has 0 N–H and O–H groups in total. The second-order valence-electron chi connectivity index (χ2n) is 6.55. The van der Waals surface area contributed by atoms with Crippen LogP contribution in [0.1, 0.15) is 39.2 Å². The lowest BCUT2D eigenvalue weighted by molar-refractivity contribution is 0.242. The summed E-state index contributed by atoms with van der Waals surface area (Å²) in [5.74, 6) is 0.721. The van der Waals surface area contributed by atoms with Crippen molar-refractivity contribution in [1.29, 1.82) is 0 Å². The molecule has 0 aliphatic heterocycles. The van der Waals surface area contributed by atoms with Crippen LogP contribution in [0.5, 0.6) is 5.75 Å². The lowest BCUT2D eigenvalue weighted by Crippen LogP contribution is -2.19. The molecule has 0 saturated heterocycles. The average molecular weight is 350 g/mol. The highest BCUT2D eigenvalue weighted by Gasteiger charge is 2.15. The monoisotopic (exact) mass is 349 g/mol. The van der Waals surface area contributed by atoms with E-state index in [9.17, 15) is 0 Å². The summed E-state index contributed by atoms with van der Waals surface area (Å²) in [6.07, 6.45) is 4.47. The van der Waals surface area contributed by atoms with Crippen molar-refractivity contribution >= 4 is 11.6 Å². The Hall–Kier alpha value is -1.52. The summed E-state index contributed by atoms with van der Waals surface area (Å²) < 4.78 is 7.64. The molecule has 0 atom stereocenters. The maximum atomic E-state index is 6.40. The zero-order chi connectivity index (χ0) is 17.7. The van der Waals surface area contributed by atoms with Crippen molar-refractivity contribution < 1.29 is 4.74 Å². The Morgan fingerprint density at radius 1 is 1.33 bits per heavy atom. The van der Waals surface area contributed by atoms with Crippen LogP contribution in [-0.4, -0.2) is 34.4 Å². The number of aryl methyl sites for hydroxylation is 1. The van der Waals surface area contributed by atoms with Crippen LogP contribution in [0.15, 0.2) is 24.4 Å². The molecule has 1 heterocycles. The van der Waals surface area contributed by atoms with Gasteiger partial charge in [-0.1, -0.05) is 24.9 Å². The van der Waals surface area contributed by atoms with Crippen molar-refractivity contribution in [2.24, 2.45) is 7.05 Å². The SMILES string of the molecule is CCCCN(C)Cc1cnn(C)c1-c1ccc(OC(C)C)c(Cl)c1. The molecule has 0 radical (unpaired) electrons. The van der Waals surface area contributed by atoms with Crippen molar-refractivity contribution in [3.05, 3.63) is 35.0 Å². The van der Waals surface area contributed by atoms with E-state index in [2.05, 4.69) is 30.0 Å². The summed E-state index contributed by atoms with van der Waals surface area (Å²) in [4.78, 5) is 2.34. The van der Waals surface area contributed by atoms with Crippen LogP contribution in [0.25, 0.3) is 11.3 Å². The van der Waals surface area contributed by atoms with Gasteiger partial charge < -0.3 is 9.64 Å². The topological polar surface area (TPSA) is 30.3 Å². The first kappa shape index (κ1) is 18.8. The molecule has 24 heavy (non-hydrogen) atoms. The maximum absolute atomic E-state index is 6.40. The van der Waals surface area contributed by atoms with Gasteiger partial charge in [0.05, 0.1) is 23.0 Å². The molecular weight excluding hydrogens is 322 g/mol. The van der Waals surface area contributed by atoms with Crippen LogP contribution < -0.4 is 4.74 Å². The van der Waals surface area contributed by atoms with Crippen LogP contribution >= 0.6 is 11.6 Å². The van der Waals surface area contributed by atoms with Gasteiger partial charge in [-0.3, -0.25) is 4.68 Å². The van der Waals surface area contributed by atoms with E-state index in [1.54, 1.807) is 0 Å². The van der Waals surface area contributed by atoms with Gasteiger partial charge in [-0.2, -0.15) is 5.10 Å². The average Bonchev–Trinajstić information content (AvgIpc) is 2.87. The third kappa shape index (κ3) is 4.74. The molecular formula is C19H28ClN3O. The normalized spacial score (nSPS) is 11.5. The molecule has 5 heteroatoms. The van der Waals surface area contributed by atoms with E-state index < -0.39 is 0 Å². The van der Waals surface area contributed by atoms with Gasteiger partial charge in [0, 0.05) is 24.7 Å². The molecule has 1 aromatic carbocycles. The van der Waals surface area contributed by atoms with Crippen molar-refractivity contribution in [3.8, 4) is 17.0 Å². The second-order valence-corrected chi connectivity index (χ2v) is 6.95. The fourth-order valence-electron chi connectivity index (χ4n) is 2.77. The molecule has 4 nitrogen and oxygen atoms in total. The van der Waals surface area contributed by atoms with E-state index in [0.29, 0.717) is 5.02 Å². The minimum Gasteiger partial charge on any atom is -0.489 e. The van der Waals surface area contributed by atoms with Gasteiger partial charge in [0.1, 0.15) is 5.75 Å². The molecule has 0 saturated carbocycles. The maximum Gasteiger partial charge on any atom is 0.138 e. The third-order valence-electron chi connectivity index (χ3n) is 3.92. The Labute approximate surface area is 150 Å². The van der Waals surface area contributed by atoms with Crippen molar-refractivity contribution in [2.45, 2.75) is 46.3 Å². The van der Waals surface area contributed by atoms with Gasteiger partial charge in [0.15, 0.2) is 0 Å². The first-order valence-electron chi connectivity index (χ1n) is 8.58. The molecule has 0 bridgehead atoms. The summed E-state index contributed by atoms with van der Waals surface area (Å²) in [7, 11) is 4.12. The molecule has 0 aliphatic carbocycles. The molecule has 0 spiro atoms. The van der Waals surface area contributed by atoms with Crippen LogP contribution in [0.3, 0.4) is 0 Å². The Morgan fingerprint density at radius 3 is 2.71 bits per heavy atom. The number of hydrogen-bond acceptors (Lipinski definition) is 3. The fourth-order valence-corrected chi connectivity index (χ4v) is 2.99. The standard InChI is InChI=1S/C19H28ClN3O/c1-6-7-10-22(4)13-16-12-21-23(5)19(16)15-8-9-18(17(20)11-15)24-14(2)3/h8-9,11-12,14H,6-7,10,13H2,1-5H3. The highest BCUT2D eigenvalue weighted by atomic mass is 35.5. The summed E-state index contributed by atoms with van der Waals surface area (Å²) in [6.45, 7) is 8.18. The van der Waals surface area contributed by atoms with E-state index in [1.165, 1.54) is 18.4 Å². The van der Waals surface area contributed by atoms with Crippen molar-refractivity contribution in [2.75, 3.05) is 13.6 Å². The number of unbranched alkanes of at least 4 members (excludes halogenated alkanes) is 1. The zero-order valence-electron chi connectivity index (χ0n) is 15.3. The third-order valence-corrected chi connectivity index (χ3v) is 4.21. The second kappa shape index (κ2) is 8.54. The molecule has 0 unspecified atom stereocenters. The van der Waals surface area contributed by atoms with E-state index >= 15 is 0 Å². The number of nitrogens with zero attached hydrogens (tertiary/aromatic N) is 3. The van der Waals surface area contributed by atoms with Gasteiger partial charge in [0.2, 0.25) is 0 Å². The molecule has 0 aliphatic rings. The Balaban J connectivity index is 2.25. The van der Waals surface area contributed by atoms with Crippen LogP contribution in [0.4, 0.5) is 0 Å². The van der Waals surface area contributed by atoms with Crippen LogP contribution in [0.2, 0.25) is 5.02 Å². The first-order chi connectivity index (χ1) is 11.4. The number of halogens is 1. The molecule has 2 aromatic rings. The predicted octanol–water partition coefficient (Wildman–Crippen LogP) is 4.76. The summed E-state index contributed by atoms with van der Waals surface area (Å²) in [6, 6.07) is 5.96. The lowest BCUT2D eigenvalue weighted by atomic mass is 10.1. The minimum absolute atomic E-state index is 0.104. The fraction of sp³-hybridized carbons (Fsp3) is 0.526. The number of benzene rings is 1. The van der Waals surface area contributed by atoms with Gasteiger partial charge in [-0.05, 0) is 52.1 Å². The van der Waals surface area contributed by atoms with Crippen LogP contribution in [-0.2, 0) is 13.6 Å². The van der Waals surface area contributed by atoms with E-state index in [0.717, 1.165) is 30.1 Å². The lowest BCUT2D eigenvalue weighted by Gasteiger charge is -2.17. The van der Waals surface area contributed by atoms with Gasteiger partial charge in [-0.25, -0.2) is 0 Å². The van der Waals surface area contributed by atoms with Gasteiger partial charge in [-0.15, -0.1) is 0 Å². The minimum atomic E-state index is 0.104. The molecule has 0 amide bonds. The highest BCUT2D eigenvalue weighted by Crippen LogP contribution is 2.32. The van der Waals surface area contributed by atoms with E-state index in [4.69, 9.17) is 16.3 Å². The summed E-state index contributed by atoms with van der Waals surface area (Å²) in [5, 5.41) is 5.07. The smallest absolute Gasteiger partial charge is 0.138 e. The number of ether oxygens (including phenoxy) is 1. The molecule has 0 fully saturated rings. The Morgan fingerprint density at radius 2 is 2.08 bits per heavy atom. The Bertz CT molecular complexity index is 667. The molecule has 132 valence electrons. The van der Waals surface area contributed by atoms with E-state index in [1.807, 2.05) is 43.9 Å². The largest absolute Gasteiger partial charge is 0.489 e. The van der Waals surface area contributed by atoms with E-state index in [-0.39, 0.29) is 6.10 Å². The quantitative estimate of drug-likeness (QED) is 0.688. The van der Waals surface area contributed by atoms with Crippen molar-refractivity contribution in [1.82, 2.24) is 14.7 Å². The molecule has 1 aromatic heterocycles. The van der Waals surface area contributed by atoms with Gasteiger partial charge >= 0.3 is 0 Å². The summed E-state index contributed by atoms with van der Waals surface area (Å²) >= 11 is 6.40. The number of aromatic nitrogens is 2. The number of hydrogen-bond donors (Lipinski definition) is 0. The van der Waals surface area contributed by atoms with Crippen molar-refractivity contribution in [3.63, 3.8) is 0 Å². The Kier molecular flexibility index (Phi) is 6.69. The number of rotatable bonds is 8. The summed E-state index contributed by atoms with van der Waals surface area (Å²) in [5.41, 5.74) is 3.39. The van der Waals surface area contributed by atoms with Gasteiger partial charge in [0.25, 0.3) is 0 Å². The first-order valence-corrected chi connectivity index (χ1v) is 8.96. The zero-order valence-corrected chi connectivity index (χ0v) is 16.1. The highest BCUT2D eigenvalue weighted by molar-refractivity contribution is 6.32. The predicted molar refractivity (Wildman–Crippen MR) is 101 cm³/mol. The van der Waals surface area contributed by atoms with Crippen LogP contribution in [0, 0.1) is 0 Å².